The lowest BCUT2D eigenvalue weighted by Crippen LogP contribution is -2.52. The predicted octanol–water partition coefficient (Wildman–Crippen LogP) is 5.50. The molecule has 1 aliphatic heterocycles. The van der Waals surface area contributed by atoms with E-state index in [0.717, 1.165) is 11.1 Å². The van der Waals surface area contributed by atoms with Crippen molar-refractivity contribution in [2.75, 3.05) is 26.3 Å². The molecule has 0 radical (unpaired) electrons. The third-order valence-electron chi connectivity index (χ3n) is 6.46. The number of amides is 1. The zero-order valence-corrected chi connectivity index (χ0v) is 25.1. The molecule has 11 nitrogen and oxygen atoms in total. The fourth-order valence-electron chi connectivity index (χ4n) is 4.70. The van der Waals surface area contributed by atoms with Crippen molar-refractivity contribution >= 4 is 17.9 Å². The summed E-state index contributed by atoms with van der Waals surface area (Å²) in [5.74, 6) is 0.262. The number of nitrogens with zero attached hydrogens (tertiary/aromatic N) is 2. The molecule has 2 aromatic carbocycles. The molecule has 11 heteroatoms. The summed E-state index contributed by atoms with van der Waals surface area (Å²) in [6.07, 6.45) is -1.71. The van der Waals surface area contributed by atoms with Gasteiger partial charge in [-0.05, 0) is 44.2 Å². The van der Waals surface area contributed by atoms with E-state index in [0.29, 0.717) is 39.1 Å². The highest BCUT2D eigenvalue weighted by Gasteiger charge is 2.33. The van der Waals surface area contributed by atoms with Gasteiger partial charge in [0.2, 0.25) is 0 Å². The molecule has 0 unspecified atom stereocenters. The summed E-state index contributed by atoms with van der Waals surface area (Å²) in [5, 5.41) is 14.1. The molecule has 0 saturated carbocycles. The van der Waals surface area contributed by atoms with Gasteiger partial charge in [0.05, 0.1) is 24.2 Å². The van der Waals surface area contributed by atoms with Crippen LogP contribution in [0.1, 0.15) is 52.2 Å². The van der Waals surface area contributed by atoms with Crippen molar-refractivity contribution in [1.82, 2.24) is 10.2 Å². The highest BCUT2D eigenvalue weighted by molar-refractivity contribution is 5.68. The SMILES string of the molecule is CC(C)CN(Cc1ccc([N+](=O)[O-])cc1)C[C@@H](OC(=O)O[C@H]1CCOC1)[C@H](Cc1ccccc1)NC(=O)OC(C)(C)C. The summed E-state index contributed by atoms with van der Waals surface area (Å²) in [6, 6.07) is 15.3. The van der Waals surface area contributed by atoms with Gasteiger partial charge in [0.1, 0.15) is 17.8 Å². The Morgan fingerprint density at radius 2 is 1.76 bits per heavy atom. The minimum atomic E-state index is -0.834. The van der Waals surface area contributed by atoms with E-state index in [4.69, 9.17) is 18.9 Å². The Kier molecular flexibility index (Phi) is 12.1. The molecule has 42 heavy (non-hydrogen) atoms. The number of non-ortho nitro benzene ring substituents is 1. The third kappa shape index (κ3) is 11.7. The third-order valence-corrected chi connectivity index (χ3v) is 6.46. The number of carbonyl (C=O) groups is 2. The molecule has 0 aliphatic carbocycles. The van der Waals surface area contributed by atoms with Crippen LogP contribution in [0.3, 0.4) is 0 Å². The van der Waals surface area contributed by atoms with E-state index in [-0.39, 0.29) is 18.2 Å². The monoisotopic (exact) mass is 585 g/mol. The number of ether oxygens (including phenoxy) is 4. The van der Waals surface area contributed by atoms with Crippen LogP contribution in [0.4, 0.5) is 15.3 Å². The first-order valence-corrected chi connectivity index (χ1v) is 14.3. The quantitative estimate of drug-likeness (QED) is 0.184. The number of nitro benzene ring substituents is 1. The van der Waals surface area contributed by atoms with Crippen molar-refractivity contribution in [1.29, 1.82) is 0 Å². The van der Waals surface area contributed by atoms with E-state index in [1.54, 1.807) is 32.9 Å². The smallest absolute Gasteiger partial charge is 0.444 e. The number of nitrogens with one attached hydrogen (secondary N) is 1. The minimum absolute atomic E-state index is 0.0125. The largest absolute Gasteiger partial charge is 0.509 e. The van der Waals surface area contributed by atoms with E-state index in [1.165, 1.54) is 12.1 Å². The van der Waals surface area contributed by atoms with Gasteiger partial charge < -0.3 is 24.3 Å². The van der Waals surface area contributed by atoms with Crippen molar-refractivity contribution < 1.29 is 33.5 Å². The average Bonchev–Trinajstić information content (AvgIpc) is 3.40. The molecule has 1 saturated heterocycles. The molecule has 1 heterocycles. The summed E-state index contributed by atoms with van der Waals surface area (Å²) in [7, 11) is 0. The van der Waals surface area contributed by atoms with Crippen LogP contribution in [0.25, 0.3) is 0 Å². The molecular formula is C31H43N3O8. The fourth-order valence-corrected chi connectivity index (χ4v) is 4.70. The van der Waals surface area contributed by atoms with Crippen molar-refractivity contribution in [3.05, 3.63) is 75.8 Å². The summed E-state index contributed by atoms with van der Waals surface area (Å²) < 4.78 is 22.4. The van der Waals surface area contributed by atoms with Gasteiger partial charge in [-0.2, -0.15) is 0 Å². The van der Waals surface area contributed by atoms with Crippen LogP contribution in [-0.2, 0) is 31.9 Å². The second-order valence-electron chi connectivity index (χ2n) is 12.0. The molecule has 1 fully saturated rings. The number of hydrogen-bond acceptors (Lipinski definition) is 9. The molecule has 1 N–H and O–H groups in total. The van der Waals surface area contributed by atoms with Gasteiger partial charge >= 0.3 is 12.2 Å². The Bertz CT molecular complexity index is 1150. The van der Waals surface area contributed by atoms with E-state index in [9.17, 15) is 19.7 Å². The maximum Gasteiger partial charge on any atom is 0.509 e. The Hall–Kier alpha value is -3.70. The lowest BCUT2D eigenvalue weighted by atomic mass is 10.00. The molecular weight excluding hydrogens is 542 g/mol. The minimum Gasteiger partial charge on any atom is -0.444 e. The number of alkyl carbamates (subject to hydrolysis) is 1. The van der Waals surface area contributed by atoms with Gasteiger partial charge in [0.15, 0.2) is 0 Å². The van der Waals surface area contributed by atoms with E-state index >= 15 is 0 Å². The molecule has 0 aromatic heterocycles. The molecule has 0 bridgehead atoms. The standard InChI is InChI=1S/C31H43N3O8/c1-22(2)18-33(19-24-11-13-25(14-12-24)34(37)38)20-28(41-30(36)40-26-15-16-39-21-26)27(17-23-9-7-6-8-10-23)32-29(35)42-31(3,4)5/h6-14,22,26-28H,15-21H2,1-5H3,(H,32,35)/t26-,27-,28+/m0/s1. The Morgan fingerprint density at radius 3 is 2.33 bits per heavy atom. The van der Waals surface area contributed by atoms with Crippen LogP contribution >= 0.6 is 0 Å². The Labute approximate surface area is 247 Å². The molecule has 1 amide bonds. The molecule has 3 atom stereocenters. The van der Waals surface area contributed by atoms with Gasteiger partial charge in [-0.1, -0.05) is 56.3 Å². The van der Waals surface area contributed by atoms with Crippen LogP contribution in [0.2, 0.25) is 0 Å². The highest BCUT2D eigenvalue weighted by atomic mass is 16.7. The van der Waals surface area contributed by atoms with Gasteiger partial charge in [-0.25, -0.2) is 9.59 Å². The number of nitro groups is 1. The lowest BCUT2D eigenvalue weighted by molar-refractivity contribution is -0.384. The van der Waals surface area contributed by atoms with Crippen molar-refractivity contribution in [2.45, 2.75) is 77.9 Å². The van der Waals surface area contributed by atoms with Crippen molar-refractivity contribution in [2.24, 2.45) is 5.92 Å². The number of carbonyl (C=O) groups excluding carboxylic acids is 2. The van der Waals surface area contributed by atoms with Crippen LogP contribution < -0.4 is 5.32 Å². The van der Waals surface area contributed by atoms with Gasteiger partial charge in [-0.15, -0.1) is 0 Å². The first kappa shape index (κ1) is 32.8. The van der Waals surface area contributed by atoms with Crippen LogP contribution in [0.5, 0.6) is 0 Å². The molecule has 230 valence electrons. The second kappa shape index (κ2) is 15.5. The van der Waals surface area contributed by atoms with Crippen molar-refractivity contribution in [3.8, 4) is 0 Å². The maximum absolute atomic E-state index is 13.0. The van der Waals surface area contributed by atoms with Crippen molar-refractivity contribution in [3.63, 3.8) is 0 Å². The summed E-state index contributed by atoms with van der Waals surface area (Å²) in [6.45, 7) is 11.7. The molecule has 1 aliphatic rings. The number of hydrogen-bond donors (Lipinski definition) is 1. The fraction of sp³-hybridized carbons (Fsp3) is 0.548. The second-order valence-corrected chi connectivity index (χ2v) is 12.0. The summed E-state index contributed by atoms with van der Waals surface area (Å²) in [5.41, 5.74) is 1.10. The normalized spacial score (nSPS) is 16.6. The Balaban J connectivity index is 1.90. The van der Waals surface area contributed by atoms with Gasteiger partial charge in [0, 0.05) is 38.2 Å². The van der Waals surface area contributed by atoms with Crippen LogP contribution in [0.15, 0.2) is 54.6 Å². The summed E-state index contributed by atoms with van der Waals surface area (Å²) >= 11 is 0. The summed E-state index contributed by atoms with van der Waals surface area (Å²) in [4.78, 5) is 38.8. The zero-order valence-electron chi connectivity index (χ0n) is 25.1. The highest BCUT2D eigenvalue weighted by Crippen LogP contribution is 2.19. The van der Waals surface area contributed by atoms with Crippen LogP contribution in [0, 0.1) is 16.0 Å². The number of rotatable bonds is 13. The predicted molar refractivity (Wildman–Crippen MR) is 157 cm³/mol. The van der Waals surface area contributed by atoms with E-state index in [1.807, 2.05) is 30.3 Å². The van der Waals surface area contributed by atoms with Gasteiger partial charge in [-0.3, -0.25) is 15.0 Å². The molecule has 0 spiro atoms. The van der Waals surface area contributed by atoms with Crippen LogP contribution in [-0.4, -0.2) is 72.2 Å². The molecule has 2 aromatic rings. The molecule has 3 rings (SSSR count). The first-order chi connectivity index (χ1) is 19.9. The zero-order chi connectivity index (χ0) is 30.7. The lowest BCUT2D eigenvalue weighted by Gasteiger charge is -2.34. The Morgan fingerprint density at radius 1 is 1.07 bits per heavy atom. The van der Waals surface area contributed by atoms with E-state index < -0.39 is 41.0 Å². The number of benzene rings is 2. The first-order valence-electron chi connectivity index (χ1n) is 14.3. The average molecular weight is 586 g/mol. The van der Waals surface area contributed by atoms with E-state index in [2.05, 4.69) is 24.1 Å². The topological polar surface area (TPSA) is 129 Å². The van der Waals surface area contributed by atoms with Gasteiger partial charge in [0.25, 0.3) is 5.69 Å². The maximum atomic E-state index is 13.0.